The van der Waals surface area contributed by atoms with E-state index in [1.54, 1.807) is 0 Å². The van der Waals surface area contributed by atoms with E-state index >= 15 is 0 Å². The Hall–Kier alpha value is -1.16. The largest absolute Gasteiger partial charge is 0.478 e. The maximum atomic E-state index is 13.0. The van der Waals surface area contributed by atoms with Gasteiger partial charge in [-0.2, -0.15) is 0 Å². The fourth-order valence-electron chi connectivity index (χ4n) is 0.842. The minimum absolute atomic E-state index is 0.0934. The summed E-state index contributed by atoms with van der Waals surface area (Å²) in [6.45, 7) is 5.27. The lowest BCUT2D eigenvalue weighted by atomic mass is 10.1. The zero-order valence-corrected chi connectivity index (χ0v) is 9.32. The molecule has 5 heteroatoms. The van der Waals surface area contributed by atoms with Gasteiger partial charge in [0, 0.05) is 5.56 Å². The molecule has 0 radical (unpaired) electrons. The maximum Gasteiger partial charge on any atom is 0.338 e. The van der Waals surface area contributed by atoms with Gasteiger partial charge in [-0.25, -0.2) is 13.6 Å². The fourth-order valence-corrected chi connectivity index (χ4v) is 1.03. The third kappa shape index (κ3) is 2.89. The lowest BCUT2D eigenvalue weighted by molar-refractivity contribution is 0.0691. The van der Waals surface area contributed by atoms with Gasteiger partial charge in [0.1, 0.15) is 5.82 Å². The summed E-state index contributed by atoms with van der Waals surface area (Å²) in [5.74, 6) is -3.48. The molecule has 0 bridgehead atoms. The van der Waals surface area contributed by atoms with E-state index in [4.69, 9.17) is 16.7 Å². The summed E-state index contributed by atoms with van der Waals surface area (Å²) >= 11 is 5.35. The molecular formula is C10H11ClF2O2. The zero-order chi connectivity index (χ0) is 12.2. The smallest absolute Gasteiger partial charge is 0.338 e. The van der Waals surface area contributed by atoms with E-state index in [-0.39, 0.29) is 5.56 Å². The SMILES string of the molecule is CC.Cc1c(F)cc(C(=O)O)c(F)c1Cl. The van der Waals surface area contributed by atoms with Crippen LogP contribution in [0.25, 0.3) is 0 Å². The first-order valence-corrected chi connectivity index (χ1v) is 4.70. The number of halogens is 3. The molecule has 1 aromatic rings. The van der Waals surface area contributed by atoms with E-state index in [0.717, 1.165) is 0 Å². The molecule has 0 amide bonds. The second kappa shape index (κ2) is 5.66. The average molecular weight is 237 g/mol. The molecule has 0 fully saturated rings. The van der Waals surface area contributed by atoms with E-state index in [1.165, 1.54) is 6.92 Å². The number of rotatable bonds is 1. The maximum absolute atomic E-state index is 13.0. The average Bonchev–Trinajstić information content (AvgIpc) is 2.23. The minimum Gasteiger partial charge on any atom is -0.478 e. The number of hydrogen-bond donors (Lipinski definition) is 1. The summed E-state index contributed by atoms with van der Waals surface area (Å²) in [6, 6.07) is 0.610. The van der Waals surface area contributed by atoms with Gasteiger partial charge in [0.2, 0.25) is 0 Å². The summed E-state index contributed by atoms with van der Waals surface area (Å²) in [4.78, 5) is 10.4. The number of carboxylic acid groups (broad SMARTS) is 1. The Morgan fingerprint density at radius 1 is 1.40 bits per heavy atom. The van der Waals surface area contributed by atoms with Crippen molar-refractivity contribution in [2.75, 3.05) is 0 Å². The lowest BCUT2D eigenvalue weighted by Crippen LogP contribution is -2.03. The van der Waals surface area contributed by atoms with Gasteiger partial charge in [-0.3, -0.25) is 0 Å². The second-order valence-corrected chi connectivity index (χ2v) is 2.84. The van der Waals surface area contributed by atoms with Gasteiger partial charge in [-0.15, -0.1) is 0 Å². The molecule has 1 aromatic carbocycles. The van der Waals surface area contributed by atoms with Crippen LogP contribution in [0.1, 0.15) is 29.8 Å². The van der Waals surface area contributed by atoms with E-state index < -0.39 is 28.2 Å². The molecular weight excluding hydrogens is 226 g/mol. The van der Waals surface area contributed by atoms with Crippen molar-refractivity contribution in [1.29, 1.82) is 0 Å². The van der Waals surface area contributed by atoms with Crippen LogP contribution in [0.3, 0.4) is 0 Å². The van der Waals surface area contributed by atoms with Crippen molar-refractivity contribution in [2.24, 2.45) is 0 Å². The molecule has 0 aromatic heterocycles. The molecule has 0 aliphatic heterocycles. The highest BCUT2D eigenvalue weighted by Crippen LogP contribution is 2.25. The summed E-state index contributed by atoms with van der Waals surface area (Å²) in [5, 5.41) is 7.95. The molecule has 0 unspecified atom stereocenters. The van der Waals surface area contributed by atoms with E-state index in [1.807, 2.05) is 13.8 Å². The standard InChI is InChI=1S/C8H5ClF2O2.C2H6/c1-3-5(10)2-4(8(12)13)7(11)6(3)9;1-2/h2H,1H3,(H,12,13);1-2H3. The first-order chi connectivity index (χ1) is 6.95. The summed E-state index contributed by atoms with van der Waals surface area (Å²) in [5.41, 5.74) is -0.850. The molecule has 0 saturated heterocycles. The van der Waals surface area contributed by atoms with Crippen LogP contribution in [0.2, 0.25) is 5.02 Å². The second-order valence-electron chi connectivity index (χ2n) is 2.46. The molecule has 0 spiro atoms. The third-order valence-corrected chi connectivity index (χ3v) is 2.07. The van der Waals surface area contributed by atoms with E-state index in [0.29, 0.717) is 6.07 Å². The molecule has 1 N–H and O–H groups in total. The molecule has 0 heterocycles. The van der Waals surface area contributed by atoms with Crippen molar-refractivity contribution in [3.8, 4) is 0 Å². The van der Waals surface area contributed by atoms with Crippen LogP contribution in [0.15, 0.2) is 6.07 Å². The lowest BCUT2D eigenvalue weighted by Gasteiger charge is -2.03. The van der Waals surface area contributed by atoms with Gasteiger partial charge in [0.15, 0.2) is 5.82 Å². The van der Waals surface area contributed by atoms with Gasteiger partial charge in [0.05, 0.1) is 10.6 Å². The Kier molecular flexibility index (Phi) is 5.22. The van der Waals surface area contributed by atoms with Gasteiger partial charge in [-0.05, 0) is 13.0 Å². The Balaban J connectivity index is 0.000000921. The zero-order valence-electron chi connectivity index (χ0n) is 8.57. The molecule has 1 rings (SSSR count). The molecule has 2 nitrogen and oxygen atoms in total. The normalized spacial score (nSPS) is 9.20. The highest BCUT2D eigenvalue weighted by atomic mass is 35.5. The van der Waals surface area contributed by atoms with Gasteiger partial charge in [0.25, 0.3) is 0 Å². The Morgan fingerprint density at radius 3 is 2.27 bits per heavy atom. The molecule has 0 aliphatic rings. The fraction of sp³-hybridized carbons (Fsp3) is 0.300. The van der Waals surface area contributed by atoms with Crippen molar-refractivity contribution in [3.05, 3.63) is 33.9 Å². The van der Waals surface area contributed by atoms with Crippen LogP contribution >= 0.6 is 11.6 Å². The monoisotopic (exact) mass is 236 g/mol. The van der Waals surface area contributed by atoms with Crippen molar-refractivity contribution in [3.63, 3.8) is 0 Å². The Bertz CT molecular complexity index is 378. The van der Waals surface area contributed by atoms with Gasteiger partial charge >= 0.3 is 5.97 Å². The summed E-state index contributed by atoms with van der Waals surface area (Å²) in [7, 11) is 0. The number of hydrogen-bond acceptors (Lipinski definition) is 1. The van der Waals surface area contributed by atoms with Crippen LogP contribution in [0.4, 0.5) is 8.78 Å². The number of aromatic carboxylic acids is 1. The Labute approximate surface area is 91.5 Å². The van der Waals surface area contributed by atoms with Crippen LogP contribution in [0, 0.1) is 18.6 Å². The quantitative estimate of drug-likeness (QED) is 0.756. The molecule has 15 heavy (non-hydrogen) atoms. The van der Waals surface area contributed by atoms with Crippen LogP contribution in [0.5, 0.6) is 0 Å². The van der Waals surface area contributed by atoms with E-state index in [2.05, 4.69) is 0 Å². The van der Waals surface area contributed by atoms with Gasteiger partial charge < -0.3 is 5.11 Å². The Morgan fingerprint density at radius 2 is 1.87 bits per heavy atom. The first-order valence-electron chi connectivity index (χ1n) is 4.32. The van der Waals surface area contributed by atoms with E-state index in [9.17, 15) is 13.6 Å². The predicted octanol–water partition coefficient (Wildman–Crippen LogP) is 3.65. The predicted molar refractivity (Wildman–Crippen MR) is 54.4 cm³/mol. The van der Waals surface area contributed by atoms with Crippen molar-refractivity contribution in [1.82, 2.24) is 0 Å². The van der Waals surface area contributed by atoms with Crippen molar-refractivity contribution < 1.29 is 18.7 Å². The third-order valence-electron chi connectivity index (χ3n) is 1.62. The minimum atomic E-state index is -1.54. The van der Waals surface area contributed by atoms with Crippen molar-refractivity contribution >= 4 is 17.6 Å². The first kappa shape index (κ1) is 13.8. The number of carboxylic acids is 1. The molecule has 0 aliphatic carbocycles. The summed E-state index contributed by atoms with van der Waals surface area (Å²) < 4.78 is 25.9. The molecule has 0 atom stereocenters. The molecule has 84 valence electrons. The topological polar surface area (TPSA) is 37.3 Å². The highest BCUT2D eigenvalue weighted by molar-refractivity contribution is 6.31. The highest BCUT2D eigenvalue weighted by Gasteiger charge is 2.18. The summed E-state index contributed by atoms with van der Waals surface area (Å²) in [6.07, 6.45) is 0. The van der Waals surface area contributed by atoms with Crippen LogP contribution in [-0.4, -0.2) is 11.1 Å². The van der Waals surface area contributed by atoms with Crippen LogP contribution in [-0.2, 0) is 0 Å². The molecule has 0 saturated carbocycles. The van der Waals surface area contributed by atoms with Crippen LogP contribution < -0.4 is 0 Å². The van der Waals surface area contributed by atoms with Crippen molar-refractivity contribution in [2.45, 2.75) is 20.8 Å². The van der Waals surface area contributed by atoms with Gasteiger partial charge in [-0.1, -0.05) is 25.4 Å². The number of carbonyl (C=O) groups is 1. The number of benzene rings is 1.